The minimum absolute atomic E-state index is 0.184. The summed E-state index contributed by atoms with van der Waals surface area (Å²) in [5.74, 6) is -0.974. The minimum atomic E-state index is -0.974. The summed E-state index contributed by atoms with van der Waals surface area (Å²) in [4.78, 5) is 23.5. The Morgan fingerprint density at radius 3 is 2.83 bits per heavy atom. The lowest BCUT2D eigenvalue weighted by Crippen LogP contribution is -2.11. The first-order valence-electron chi connectivity index (χ1n) is 3.19. The van der Waals surface area contributed by atoms with Gasteiger partial charge >= 0.3 is 5.97 Å². The molecule has 0 atom stereocenters. The molecule has 0 radical (unpaired) electrons. The van der Waals surface area contributed by atoms with Crippen LogP contribution in [-0.2, 0) is 11.2 Å². The normalized spacial score (nSPS) is 9.75. The number of aromatic nitrogens is 1. The first kappa shape index (κ1) is 8.99. The van der Waals surface area contributed by atoms with E-state index in [1.54, 1.807) is 0 Å². The summed E-state index contributed by atoms with van der Waals surface area (Å²) in [7, 11) is 0. The van der Waals surface area contributed by atoms with E-state index >= 15 is 0 Å². The summed E-state index contributed by atoms with van der Waals surface area (Å²) < 4.78 is 0.601. The molecule has 0 aliphatic heterocycles. The molecule has 1 aromatic heterocycles. The van der Waals surface area contributed by atoms with Crippen LogP contribution < -0.4 is 5.56 Å². The topological polar surface area (TPSA) is 70.2 Å². The van der Waals surface area contributed by atoms with Crippen molar-refractivity contribution in [3.05, 3.63) is 32.7 Å². The highest BCUT2D eigenvalue weighted by molar-refractivity contribution is 9.10. The molecule has 0 aliphatic rings. The fourth-order valence-corrected chi connectivity index (χ4v) is 1.15. The molecule has 0 unspecified atom stereocenters. The van der Waals surface area contributed by atoms with Crippen LogP contribution in [0.3, 0.4) is 0 Å². The molecule has 1 heterocycles. The second-order valence-electron chi connectivity index (χ2n) is 2.22. The molecule has 12 heavy (non-hydrogen) atoms. The molecule has 4 nitrogen and oxygen atoms in total. The number of hydrogen-bond acceptors (Lipinski definition) is 2. The molecule has 0 saturated carbocycles. The summed E-state index contributed by atoms with van der Waals surface area (Å²) in [5.41, 5.74) is 0.0875. The van der Waals surface area contributed by atoms with Crippen LogP contribution in [-0.4, -0.2) is 16.1 Å². The first-order valence-corrected chi connectivity index (χ1v) is 3.98. The number of H-pyrrole nitrogens is 1. The standard InChI is InChI=1S/C7H6BrNO3/c8-4-1-2-6(10)9-5(4)3-7(11)12/h1-2H,3H2,(H,9,10)(H,11,12). The van der Waals surface area contributed by atoms with Gasteiger partial charge in [-0.1, -0.05) is 0 Å². The molecule has 64 valence electrons. The highest BCUT2D eigenvalue weighted by Crippen LogP contribution is 2.11. The van der Waals surface area contributed by atoms with Crippen molar-refractivity contribution in [3.8, 4) is 0 Å². The highest BCUT2D eigenvalue weighted by Gasteiger charge is 2.04. The molecular formula is C7H6BrNO3. The van der Waals surface area contributed by atoms with Crippen molar-refractivity contribution < 1.29 is 9.90 Å². The predicted octanol–water partition coefficient (Wildman–Crippen LogP) is 0.764. The second-order valence-corrected chi connectivity index (χ2v) is 3.07. The maximum atomic E-state index is 10.8. The van der Waals surface area contributed by atoms with E-state index in [4.69, 9.17) is 5.11 Å². The molecule has 0 amide bonds. The van der Waals surface area contributed by atoms with Crippen LogP contribution in [0.4, 0.5) is 0 Å². The van der Waals surface area contributed by atoms with Gasteiger partial charge in [-0.2, -0.15) is 0 Å². The van der Waals surface area contributed by atoms with Crippen molar-refractivity contribution in [1.29, 1.82) is 0 Å². The van der Waals surface area contributed by atoms with E-state index in [2.05, 4.69) is 20.9 Å². The molecule has 0 spiro atoms. The molecule has 5 heteroatoms. The number of carboxylic acids is 1. The molecule has 0 saturated heterocycles. The summed E-state index contributed by atoms with van der Waals surface area (Å²) in [5, 5.41) is 8.44. The smallest absolute Gasteiger partial charge is 0.309 e. The van der Waals surface area contributed by atoms with Crippen LogP contribution in [0.1, 0.15) is 5.69 Å². The van der Waals surface area contributed by atoms with Crippen LogP contribution in [0.15, 0.2) is 21.4 Å². The van der Waals surface area contributed by atoms with Gasteiger partial charge in [0.05, 0.1) is 6.42 Å². The third-order valence-corrected chi connectivity index (χ3v) is 2.01. The predicted molar refractivity (Wildman–Crippen MR) is 46.1 cm³/mol. The number of carboxylic acid groups (broad SMARTS) is 1. The molecule has 1 aromatic rings. The number of halogens is 1. The Morgan fingerprint density at radius 2 is 2.25 bits per heavy atom. The minimum Gasteiger partial charge on any atom is -0.481 e. The van der Waals surface area contributed by atoms with Gasteiger partial charge in [-0.3, -0.25) is 9.59 Å². The van der Waals surface area contributed by atoms with E-state index in [1.807, 2.05) is 0 Å². The number of nitrogens with one attached hydrogen (secondary N) is 1. The van der Waals surface area contributed by atoms with E-state index in [1.165, 1.54) is 12.1 Å². The molecule has 2 N–H and O–H groups in total. The SMILES string of the molecule is O=C(O)Cc1[nH]c(=O)ccc1Br. The first-order chi connectivity index (χ1) is 5.59. The van der Waals surface area contributed by atoms with Gasteiger partial charge in [0.15, 0.2) is 0 Å². The zero-order valence-electron chi connectivity index (χ0n) is 6.00. The Bertz CT molecular complexity index is 358. The van der Waals surface area contributed by atoms with E-state index in [0.717, 1.165) is 0 Å². The number of aromatic amines is 1. The number of aliphatic carboxylic acids is 1. The van der Waals surface area contributed by atoms with Crippen molar-refractivity contribution in [2.24, 2.45) is 0 Å². The van der Waals surface area contributed by atoms with Crippen molar-refractivity contribution in [1.82, 2.24) is 4.98 Å². The summed E-state index contributed by atoms with van der Waals surface area (Å²) in [6, 6.07) is 2.85. The largest absolute Gasteiger partial charge is 0.481 e. The van der Waals surface area contributed by atoms with Crippen molar-refractivity contribution in [2.75, 3.05) is 0 Å². The van der Waals surface area contributed by atoms with E-state index < -0.39 is 5.97 Å². The average molecular weight is 232 g/mol. The van der Waals surface area contributed by atoms with Crippen LogP contribution in [0.2, 0.25) is 0 Å². The van der Waals surface area contributed by atoms with Crippen molar-refractivity contribution >= 4 is 21.9 Å². The molecule has 1 rings (SSSR count). The fourth-order valence-electron chi connectivity index (χ4n) is 0.779. The third kappa shape index (κ3) is 2.20. The molecule has 0 bridgehead atoms. The van der Waals surface area contributed by atoms with E-state index in [-0.39, 0.29) is 12.0 Å². The maximum Gasteiger partial charge on any atom is 0.309 e. The Hall–Kier alpha value is -1.10. The molecule has 0 fully saturated rings. The van der Waals surface area contributed by atoms with Crippen LogP contribution in [0.25, 0.3) is 0 Å². The van der Waals surface area contributed by atoms with Gasteiger partial charge < -0.3 is 10.1 Å². The van der Waals surface area contributed by atoms with Gasteiger partial charge in [0.2, 0.25) is 5.56 Å². The maximum absolute atomic E-state index is 10.8. The second kappa shape index (κ2) is 3.53. The lowest BCUT2D eigenvalue weighted by molar-refractivity contribution is -0.136. The summed E-state index contributed by atoms with van der Waals surface area (Å²) in [6.07, 6.45) is -0.184. The van der Waals surface area contributed by atoms with Crippen LogP contribution in [0.5, 0.6) is 0 Å². The van der Waals surface area contributed by atoms with Gasteiger partial charge in [-0.25, -0.2) is 0 Å². The lowest BCUT2D eigenvalue weighted by Gasteiger charge is -1.98. The Kier molecular flexibility index (Phi) is 2.65. The zero-order chi connectivity index (χ0) is 9.14. The monoisotopic (exact) mass is 231 g/mol. The summed E-state index contributed by atoms with van der Waals surface area (Å²) in [6.45, 7) is 0. The van der Waals surface area contributed by atoms with Crippen molar-refractivity contribution in [2.45, 2.75) is 6.42 Å². The highest BCUT2D eigenvalue weighted by atomic mass is 79.9. The van der Waals surface area contributed by atoms with Gasteiger partial charge in [-0.15, -0.1) is 0 Å². The number of hydrogen-bond donors (Lipinski definition) is 2. The average Bonchev–Trinajstić information content (AvgIpc) is 1.96. The number of carbonyl (C=O) groups is 1. The Balaban J connectivity index is 3.05. The van der Waals surface area contributed by atoms with Gasteiger partial charge in [0, 0.05) is 16.2 Å². The Morgan fingerprint density at radius 1 is 1.58 bits per heavy atom. The van der Waals surface area contributed by atoms with Crippen LogP contribution >= 0.6 is 15.9 Å². The van der Waals surface area contributed by atoms with Crippen molar-refractivity contribution in [3.63, 3.8) is 0 Å². The van der Waals surface area contributed by atoms with E-state index in [9.17, 15) is 9.59 Å². The van der Waals surface area contributed by atoms with Gasteiger partial charge in [0.25, 0.3) is 0 Å². The number of rotatable bonds is 2. The van der Waals surface area contributed by atoms with Crippen LogP contribution in [0, 0.1) is 0 Å². The quantitative estimate of drug-likeness (QED) is 0.790. The Labute approximate surface area is 76.4 Å². The molecule has 0 aliphatic carbocycles. The lowest BCUT2D eigenvalue weighted by atomic mass is 10.3. The number of pyridine rings is 1. The summed E-state index contributed by atoms with van der Waals surface area (Å²) >= 11 is 3.13. The molecular weight excluding hydrogens is 226 g/mol. The third-order valence-electron chi connectivity index (χ3n) is 1.27. The zero-order valence-corrected chi connectivity index (χ0v) is 7.59. The fraction of sp³-hybridized carbons (Fsp3) is 0.143. The van der Waals surface area contributed by atoms with Gasteiger partial charge in [-0.05, 0) is 22.0 Å². The van der Waals surface area contributed by atoms with Gasteiger partial charge in [0.1, 0.15) is 0 Å². The van der Waals surface area contributed by atoms with E-state index in [0.29, 0.717) is 10.2 Å². The molecule has 0 aromatic carbocycles.